The van der Waals surface area contributed by atoms with Crippen molar-refractivity contribution in [3.63, 3.8) is 0 Å². The molecule has 8 heteroatoms. The fourth-order valence-corrected chi connectivity index (χ4v) is 2.94. The number of amides is 2. The third-order valence-corrected chi connectivity index (χ3v) is 4.24. The molecule has 2 heterocycles. The van der Waals surface area contributed by atoms with Gasteiger partial charge in [-0.15, -0.1) is 11.3 Å². The van der Waals surface area contributed by atoms with Crippen LogP contribution in [0.2, 0.25) is 0 Å². The third kappa shape index (κ3) is 4.23. The summed E-state index contributed by atoms with van der Waals surface area (Å²) in [7, 11) is 1.49. The van der Waals surface area contributed by atoms with Gasteiger partial charge in [-0.25, -0.2) is 4.98 Å². The molecule has 1 aliphatic rings. The van der Waals surface area contributed by atoms with Gasteiger partial charge < -0.3 is 20.7 Å². The number of rotatable bonds is 5. The van der Waals surface area contributed by atoms with Crippen molar-refractivity contribution in [1.29, 1.82) is 0 Å². The van der Waals surface area contributed by atoms with Crippen LogP contribution in [0.4, 0.5) is 0 Å². The van der Waals surface area contributed by atoms with Crippen molar-refractivity contribution >= 4 is 23.2 Å². The van der Waals surface area contributed by atoms with E-state index in [4.69, 9.17) is 10.5 Å². The largest absolute Gasteiger partial charge is 0.375 e. The lowest BCUT2D eigenvalue weighted by Crippen LogP contribution is -2.47. The number of aromatic nitrogens is 1. The van der Waals surface area contributed by atoms with Gasteiger partial charge in [0.25, 0.3) is 5.91 Å². The van der Waals surface area contributed by atoms with E-state index in [1.54, 1.807) is 10.3 Å². The normalized spacial score (nSPS) is 16.0. The lowest BCUT2D eigenvalue weighted by molar-refractivity contribution is -0.125. The highest BCUT2D eigenvalue weighted by Gasteiger charge is 2.25. The molecule has 0 aliphatic carbocycles. The van der Waals surface area contributed by atoms with Gasteiger partial charge in [0.15, 0.2) is 0 Å². The predicted molar refractivity (Wildman–Crippen MR) is 78.9 cm³/mol. The molecule has 0 bridgehead atoms. The van der Waals surface area contributed by atoms with E-state index in [9.17, 15) is 9.59 Å². The molecule has 7 nitrogen and oxygen atoms in total. The summed E-state index contributed by atoms with van der Waals surface area (Å²) in [5.74, 6) is -0.179. The first-order valence-electron chi connectivity index (χ1n) is 6.86. The van der Waals surface area contributed by atoms with E-state index in [0.717, 1.165) is 17.8 Å². The summed E-state index contributed by atoms with van der Waals surface area (Å²) in [6.07, 6.45) is 1.49. The first-order valence-corrected chi connectivity index (χ1v) is 7.74. The quantitative estimate of drug-likeness (QED) is 0.795. The number of piperidine rings is 1. The summed E-state index contributed by atoms with van der Waals surface area (Å²) in [4.78, 5) is 29.7. The molecule has 116 valence electrons. The zero-order valence-corrected chi connectivity index (χ0v) is 12.8. The number of nitrogens with two attached hydrogens (primary N) is 1. The molecular weight excluding hydrogens is 292 g/mol. The van der Waals surface area contributed by atoms with Gasteiger partial charge in [-0.1, -0.05) is 0 Å². The van der Waals surface area contributed by atoms with E-state index >= 15 is 0 Å². The van der Waals surface area contributed by atoms with Crippen LogP contribution < -0.4 is 11.1 Å². The Balaban J connectivity index is 1.83. The van der Waals surface area contributed by atoms with Crippen molar-refractivity contribution in [3.8, 4) is 0 Å². The maximum absolute atomic E-state index is 12.3. The number of likely N-dealkylation sites (tertiary alicyclic amines) is 1. The van der Waals surface area contributed by atoms with Crippen LogP contribution in [0.25, 0.3) is 0 Å². The fraction of sp³-hybridized carbons (Fsp3) is 0.615. The average Bonchev–Trinajstić information content (AvgIpc) is 2.96. The molecule has 2 rings (SSSR count). The second-order valence-electron chi connectivity index (χ2n) is 4.90. The molecule has 1 fully saturated rings. The van der Waals surface area contributed by atoms with E-state index in [1.807, 2.05) is 0 Å². The standard InChI is InChI=1S/C13H20N4O3S/c1-20-7-11(18)15-9-2-4-17(5-3-9)13(19)10-8-21-12(6-14)16-10/h8-9H,2-7,14H2,1H3,(H,15,18). The summed E-state index contributed by atoms with van der Waals surface area (Å²) < 4.78 is 4.78. The van der Waals surface area contributed by atoms with Crippen molar-refractivity contribution in [3.05, 3.63) is 16.1 Å². The van der Waals surface area contributed by atoms with E-state index in [-0.39, 0.29) is 24.5 Å². The molecular formula is C13H20N4O3S. The minimum Gasteiger partial charge on any atom is -0.375 e. The van der Waals surface area contributed by atoms with Crippen molar-refractivity contribution in [1.82, 2.24) is 15.2 Å². The molecule has 0 radical (unpaired) electrons. The van der Waals surface area contributed by atoms with Gasteiger partial charge >= 0.3 is 0 Å². The molecule has 1 aromatic heterocycles. The number of methoxy groups -OCH3 is 1. The van der Waals surface area contributed by atoms with Gasteiger partial charge in [0.2, 0.25) is 5.91 Å². The van der Waals surface area contributed by atoms with Crippen molar-refractivity contribution < 1.29 is 14.3 Å². The van der Waals surface area contributed by atoms with E-state index in [2.05, 4.69) is 10.3 Å². The Morgan fingerprint density at radius 2 is 2.24 bits per heavy atom. The maximum atomic E-state index is 12.3. The SMILES string of the molecule is COCC(=O)NC1CCN(C(=O)c2csc(CN)n2)CC1. The summed E-state index contributed by atoms with van der Waals surface area (Å²) in [6, 6.07) is 0.103. The minimum absolute atomic E-state index is 0.0624. The predicted octanol–water partition coefficient (Wildman–Crippen LogP) is -0.0310. The molecule has 1 aromatic rings. The number of thiazole rings is 1. The van der Waals surface area contributed by atoms with Crippen LogP contribution in [0.3, 0.4) is 0 Å². The first-order chi connectivity index (χ1) is 10.1. The van der Waals surface area contributed by atoms with Crippen molar-refractivity contribution in [2.75, 3.05) is 26.8 Å². The van der Waals surface area contributed by atoms with Crippen LogP contribution in [0.15, 0.2) is 5.38 Å². The number of nitrogens with zero attached hydrogens (tertiary/aromatic N) is 2. The fourth-order valence-electron chi connectivity index (χ4n) is 2.29. The Hall–Kier alpha value is -1.51. The lowest BCUT2D eigenvalue weighted by atomic mass is 10.0. The zero-order chi connectivity index (χ0) is 15.2. The third-order valence-electron chi connectivity index (χ3n) is 3.37. The van der Waals surface area contributed by atoms with Crippen LogP contribution >= 0.6 is 11.3 Å². The second-order valence-corrected chi connectivity index (χ2v) is 5.84. The van der Waals surface area contributed by atoms with Crippen molar-refractivity contribution in [2.45, 2.75) is 25.4 Å². The monoisotopic (exact) mass is 312 g/mol. The minimum atomic E-state index is -0.116. The molecule has 21 heavy (non-hydrogen) atoms. The number of hydrogen-bond donors (Lipinski definition) is 2. The molecule has 1 saturated heterocycles. The molecule has 0 aromatic carbocycles. The molecule has 0 spiro atoms. The average molecular weight is 312 g/mol. The number of hydrogen-bond acceptors (Lipinski definition) is 6. The Morgan fingerprint density at radius 1 is 1.52 bits per heavy atom. The number of nitrogens with one attached hydrogen (secondary N) is 1. The summed E-state index contributed by atoms with van der Waals surface area (Å²) in [5, 5.41) is 5.41. The molecule has 3 N–H and O–H groups in total. The van der Waals surface area contributed by atoms with Crippen LogP contribution in [0.5, 0.6) is 0 Å². The summed E-state index contributed by atoms with van der Waals surface area (Å²) >= 11 is 1.40. The van der Waals surface area contributed by atoms with Crippen LogP contribution in [0.1, 0.15) is 28.3 Å². The second kappa shape index (κ2) is 7.48. The lowest BCUT2D eigenvalue weighted by Gasteiger charge is -2.32. The number of carbonyl (C=O) groups is 2. The number of ether oxygens (including phenoxy) is 1. The van der Waals surface area contributed by atoms with Gasteiger partial charge in [0, 0.05) is 38.2 Å². The molecule has 2 amide bonds. The van der Waals surface area contributed by atoms with E-state index in [1.165, 1.54) is 18.4 Å². The van der Waals surface area contributed by atoms with Gasteiger partial charge in [-0.05, 0) is 12.8 Å². The van der Waals surface area contributed by atoms with Crippen molar-refractivity contribution in [2.24, 2.45) is 5.73 Å². The topological polar surface area (TPSA) is 97.5 Å². The van der Waals surface area contributed by atoms with Crippen LogP contribution in [0, 0.1) is 0 Å². The Labute approximate surface area is 127 Å². The Kier molecular flexibility index (Phi) is 5.66. The van der Waals surface area contributed by atoms with E-state index < -0.39 is 0 Å². The Morgan fingerprint density at radius 3 is 2.81 bits per heavy atom. The molecule has 1 aliphatic heterocycles. The molecule has 0 atom stereocenters. The summed E-state index contributed by atoms with van der Waals surface area (Å²) in [5.41, 5.74) is 5.96. The first kappa shape index (κ1) is 15.9. The smallest absolute Gasteiger partial charge is 0.273 e. The maximum Gasteiger partial charge on any atom is 0.273 e. The highest BCUT2D eigenvalue weighted by atomic mass is 32.1. The van der Waals surface area contributed by atoms with Crippen LogP contribution in [-0.2, 0) is 16.1 Å². The highest BCUT2D eigenvalue weighted by Crippen LogP contribution is 2.16. The highest BCUT2D eigenvalue weighted by molar-refractivity contribution is 7.09. The van der Waals surface area contributed by atoms with Gasteiger partial charge in [0.05, 0.1) is 0 Å². The molecule has 0 saturated carbocycles. The van der Waals surface area contributed by atoms with Gasteiger partial charge in [-0.2, -0.15) is 0 Å². The zero-order valence-electron chi connectivity index (χ0n) is 12.0. The van der Waals surface area contributed by atoms with Gasteiger partial charge in [0.1, 0.15) is 17.3 Å². The summed E-state index contributed by atoms with van der Waals surface area (Å²) in [6.45, 7) is 1.66. The van der Waals surface area contributed by atoms with Gasteiger partial charge in [-0.3, -0.25) is 9.59 Å². The number of carbonyl (C=O) groups excluding carboxylic acids is 2. The van der Waals surface area contributed by atoms with Crippen LogP contribution in [-0.4, -0.2) is 54.5 Å². The Bertz CT molecular complexity index is 497. The van der Waals surface area contributed by atoms with E-state index in [0.29, 0.717) is 25.3 Å². The molecule has 0 unspecified atom stereocenters.